The molecule has 0 fully saturated rings. The summed E-state index contributed by atoms with van der Waals surface area (Å²) < 4.78 is 5.82. The summed E-state index contributed by atoms with van der Waals surface area (Å²) in [6.45, 7) is 0.329. The average molecular weight is 482 g/mol. The molecule has 6 nitrogen and oxygen atoms in total. The molecule has 0 bridgehead atoms. The molecule has 2 amide bonds. The van der Waals surface area contributed by atoms with Crippen molar-refractivity contribution in [3.05, 3.63) is 120 Å². The molecule has 4 aromatic carbocycles. The van der Waals surface area contributed by atoms with Crippen LogP contribution in [0, 0.1) is 0 Å². The molecule has 174 valence electrons. The van der Waals surface area contributed by atoms with E-state index >= 15 is 0 Å². The molecule has 0 aliphatic carbocycles. The summed E-state index contributed by atoms with van der Waals surface area (Å²) in [4.78, 5) is 25.0. The Labute approximate surface area is 208 Å². The number of rotatable bonds is 6. The van der Waals surface area contributed by atoms with Crippen molar-refractivity contribution in [2.24, 2.45) is 0 Å². The summed E-state index contributed by atoms with van der Waals surface area (Å²) in [5, 5.41) is 4.61. The number of benzene rings is 4. The highest BCUT2D eigenvalue weighted by atomic mass is 32.1. The average Bonchev–Trinajstić information content (AvgIpc) is 2.90. The zero-order chi connectivity index (χ0) is 24.5. The lowest BCUT2D eigenvalue weighted by atomic mass is 10.0. The molecular formula is C28H23N3O3S. The van der Waals surface area contributed by atoms with E-state index in [9.17, 15) is 9.59 Å². The second kappa shape index (κ2) is 11.6. The number of hydrazine groups is 1. The number of amides is 2. The molecule has 7 heteroatoms. The molecule has 0 aliphatic heterocycles. The lowest BCUT2D eigenvalue weighted by Gasteiger charge is -2.13. The number of ether oxygens (including phenoxy) is 1. The summed E-state index contributed by atoms with van der Waals surface area (Å²) in [5.41, 5.74) is 7.28. The number of para-hydroxylation sites is 1. The summed E-state index contributed by atoms with van der Waals surface area (Å²) in [7, 11) is 0. The Morgan fingerprint density at radius 2 is 1.51 bits per heavy atom. The van der Waals surface area contributed by atoms with E-state index in [1.165, 1.54) is 6.08 Å². The maximum absolute atomic E-state index is 12.7. The molecule has 0 heterocycles. The molecule has 4 aromatic rings. The van der Waals surface area contributed by atoms with Gasteiger partial charge < -0.3 is 4.74 Å². The second-order valence-corrected chi connectivity index (χ2v) is 7.98. The van der Waals surface area contributed by atoms with Gasteiger partial charge in [-0.1, -0.05) is 84.9 Å². The molecule has 0 aliphatic rings. The fourth-order valence-electron chi connectivity index (χ4n) is 3.44. The third kappa shape index (κ3) is 6.52. The van der Waals surface area contributed by atoms with Crippen LogP contribution in [0.2, 0.25) is 0 Å². The Morgan fingerprint density at radius 1 is 0.800 bits per heavy atom. The Hall–Kier alpha value is -4.49. The largest absolute Gasteiger partial charge is 0.488 e. The fraction of sp³-hybridized carbons (Fsp3) is 0.0357. The molecule has 0 saturated carbocycles. The molecule has 0 aromatic heterocycles. The zero-order valence-electron chi connectivity index (χ0n) is 18.7. The van der Waals surface area contributed by atoms with Gasteiger partial charge in [-0.2, -0.15) is 0 Å². The van der Waals surface area contributed by atoms with Gasteiger partial charge in [0.1, 0.15) is 12.4 Å². The third-order valence-electron chi connectivity index (χ3n) is 5.13. The molecule has 0 atom stereocenters. The van der Waals surface area contributed by atoms with E-state index < -0.39 is 11.8 Å². The number of carbonyl (C=O) groups is 2. The Kier molecular flexibility index (Phi) is 7.83. The summed E-state index contributed by atoms with van der Waals surface area (Å²) >= 11 is 5.13. The Morgan fingerprint density at radius 3 is 2.37 bits per heavy atom. The molecule has 0 unspecified atom stereocenters. The number of hydrogen-bond acceptors (Lipinski definition) is 4. The maximum Gasteiger partial charge on any atom is 0.273 e. The van der Waals surface area contributed by atoms with Crippen molar-refractivity contribution in [1.29, 1.82) is 0 Å². The van der Waals surface area contributed by atoms with Crippen molar-refractivity contribution < 1.29 is 14.3 Å². The smallest absolute Gasteiger partial charge is 0.273 e. The minimum absolute atomic E-state index is 0.0337. The SMILES string of the molecule is O=C(C=Cc1cccc2ccccc12)NC(=S)NNC(=O)c1ccccc1OCc1ccccc1. The molecular weight excluding hydrogens is 458 g/mol. The molecule has 0 radical (unpaired) electrons. The number of hydrogen-bond donors (Lipinski definition) is 3. The summed E-state index contributed by atoms with van der Waals surface area (Å²) in [5.74, 6) is -0.434. The Bertz CT molecular complexity index is 1380. The predicted octanol–water partition coefficient (Wildman–Crippen LogP) is 4.77. The number of carbonyl (C=O) groups excluding carboxylic acids is 2. The molecule has 3 N–H and O–H groups in total. The van der Waals surface area contributed by atoms with Gasteiger partial charge in [0.25, 0.3) is 5.91 Å². The van der Waals surface area contributed by atoms with Gasteiger partial charge in [0.2, 0.25) is 5.91 Å². The van der Waals surface area contributed by atoms with E-state index in [0.29, 0.717) is 17.9 Å². The van der Waals surface area contributed by atoms with E-state index in [4.69, 9.17) is 17.0 Å². The highest BCUT2D eigenvalue weighted by Gasteiger charge is 2.13. The van der Waals surface area contributed by atoms with Crippen LogP contribution in [0.5, 0.6) is 5.75 Å². The predicted molar refractivity (Wildman–Crippen MR) is 142 cm³/mol. The van der Waals surface area contributed by atoms with Gasteiger partial charge in [0.15, 0.2) is 5.11 Å². The monoisotopic (exact) mass is 481 g/mol. The molecule has 4 rings (SSSR count). The Balaban J connectivity index is 1.30. The van der Waals surface area contributed by atoms with Crippen molar-refractivity contribution in [3.8, 4) is 5.75 Å². The highest BCUT2D eigenvalue weighted by Crippen LogP contribution is 2.20. The molecule has 35 heavy (non-hydrogen) atoms. The normalized spacial score (nSPS) is 10.6. The molecule has 0 spiro atoms. The van der Waals surface area contributed by atoms with Crippen LogP contribution < -0.4 is 20.9 Å². The number of nitrogens with one attached hydrogen (secondary N) is 3. The van der Waals surface area contributed by atoms with Crippen molar-refractivity contribution in [2.75, 3.05) is 0 Å². The minimum Gasteiger partial charge on any atom is -0.488 e. The molecule has 0 saturated heterocycles. The van der Waals surface area contributed by atoms with E-state index in [1.807, 2.05) is 72.8 Å². The van der Waals surface area contributed by atoms with Crippen LogP contribution in [0.25, 0.3) is 16.8 Å². The van der Waals surface area contributed by atoms with Gasteiger partial charge >= 0.3 is 0 Å². The van der Waals surface area contributed by atoms with Gasteiger partial charge in [-0.25, -0.2) is 0 Å². The van der Waals surface area contributed by atoms with Crippen LogP contribution in [-0.4, -0.2) is 16.9 Å². The van der Waals surface area contributed by atoms with Crippen LogP contribution in [-0.2, 0) is 11.4 Å². The van der Waals surface area contributed by atoms with E-state index in [-0.39, 0.29) is 5.11 Å². The topological polar surface area (TPSA) is 79.5 Å². The van der Waals surface area contributed by atoms with Crippen molar-refractivity contribution in [1.82, 2.24) is 16.2 Å². The van der Waals surface area contributed by atoms with Gasteiger partial charge in [-0.05, 0) is 52.3 Å². The van der Waals surface area contributed by atoms with Crippen LogP contribution in [0.1, 0.15) is 21.5 Å². The van der Waals surface area contributed by atoms with Crippen molar-refractivity contribution in [2.45, 2.75) is 6.61 Å². The van der Waals surface area contributed by atoms with Crippen LogP contribution in [0.15, 0.2) is 103 Å². The first-order valence-corrected chi connectivity index (χ1v) is 11.3. The van der Waals surface area contributed by atoms with Gasteiger partial charge in [0, 0.05) is 6.08 Å². The van der Waals surface area contributed by atoms with Crippen LogP contribution >= 0.6 is 12.2 Å². The minimum atomic E-state index is -0.448. The van der Waals surface area contributed by atoms with E-state index in [0.717, 1.165) is 21.9 Å². The lowest BCUT2D eigenvalue weighted by Crippen LogP contribution is -2.48. The van der Waals surface area contributed by atoms with Crippen LogP contribution in [0.4, 0.5) is 0 Å². The standard InChI is InChI=1S/C28H23N3O3S/c32-26(18-17-22-13-8-12-21-11-4-5-14-23(21)22)29-28(35)31-30-27(33)24-15-6-7-16-25(24)34-19-20-9-2-1-3-10-20/h1-18H,19H2,(H,30,33)(H2,29,31,32,35). The third-order valence-corrected chi connectivity index (χ3v) is 5.34. The number of fused-ring (bicyclic) bond motifs is 1. The van der Waals surface area contributed by atoms with Crippen molar-refractivity contribution >= 4 is 46.0 Å². The zero-order valence-corrected chi connectivity index (χ0v) is 19.5. The fourth-order valence-corrected chi connectivity index (χ4v) is 3.59. The van der Waals surface area contributed by atoms with Gasteiger partial charge in [0.05, 0.1) is 5.56 Å². The van der Waals surface area contributed by atoms with E-state index in [2.05, 4.69) is 16.2 Å². The first-order chi connectivity index (χ1) is 17.1. The summed E-state index contributed by atoms with van der Waals surface area (Å²) in [6.07, 6.45) is 3.11. The highest BCUT2D eigenvalue weighted by molar-refractivity contribution is 7.80. The maximum atomic E-state index is 12.7. The van der Waals surface area contributed by atoms with Crippen molar-refractivity contribution in [3.63, 3.8) is 0 Å². The van der Waals surface area contributed by atoms with Gasteiger partial charge in [-0.15, -0.1) is 0 Å². The lowest BCUT2D eigenvalue weighted by molar-refractivity contribution is -0.115. The second-order valence-electron chi connectivity index (χ2n) is 7.57. The van der Waals surface area contributed by atoms with E-state index in [1.54, 1.807) is 30.3 Å². The van der Waals surface area contributed by atoms with Gasteiger partial charge in [-0.3, -0.25) is 25.8 Å². The number of thiocarbonyl (C=S) groups is 1. The van der Waals surface area contributed by atoms with Crippen LogP contribution in [0.3, 0.4) is 0 Å². The first-order valence-electron chi connectivity index (χ1n) is 10.9. The quantitative estimate of drug-likeness (QED) is 0.210. The summed E-state index contributed by atoms with van der Waals surface area (Å²) in [6, 6.07) is 30.4. The first kappa shape index (κ1) is 23.7.